The van der Waals surface area contributed by atoms with Crippen LogP contribution in [0.3, 0.4) is 0 Å². The van der Waals surface area contributed by atoms with E-state index in [0.717, 1.165) is 16.6 Å². The van der Waals surface area contributed by atoms with Crippen LogP contribution in [0.25, 0.3) is 27.8 Å². The van der Waals surface area contributed by atoms with Gasteiger partial charge in [-0.05, 0) is 32.0 Å². The Balaban J connectivity index is 1.64. The van der Waals surface area contributed by atoms with Crippen LogP contribution in [0.1, 0.15) is 31.3 Å². The zero-order valence-electron chi connectivity index (χ0n) is 16.8. The summed E-state index contributed by atoms with van der Waals surface area (Å²) in [6, 6.07) is 5.38. The molecule has 158 valence electrons. The Labute approximate surface area is 173 Å². The molecule has 0 bridgehead atoms. The van der Waals surface area contributed by atoms with Gasteiger partial charge in [0.15, 0.2) is 5.65 Å². The van der Waals surface area contributed by atoms with E-state index >= 15 is 8.78 Å². The first-order chi connectivity index (χ1) is 14.7. The molecule has 1 aromatic carbocycles. The molecule has 0 atom stereocenters. The van der Waals surface area contributed by atoms with Crippen molar-refractivity contribution in [1.29, 1.82) is 0 Å². The van der Waals surface area contributed by atoms with E-state index < -0.39 is 23.1 Å². The van der Waals surface area contributed by atoms with Crippen LogP contribution in [0.5, 0.6) is 0 Å². The maximum atomic E-state index is 15.4. The first-order valence-electron chi connectivity index (χ1n) is 9.52. The molecule has 0 saturated carbocycles. The van der Waals surface area contributed by atoms with Gasteiger partial charge in [0, 0.05) is 42.5 Å². The second-order valence-electron chi connectivity index (χ2n) is 7.58. The molecular formula is C20H17F3N8. The smallest absolute Gasteiger partial charge is 0.275 e. The summed E-state index contributed by atoms with van der Waals surface area (Å²) in [4.78, 5) is 0. The molecule has 0 aliphatic rings. The summed E-state index contributed by atoms with van der Waals surface area (Å²) >= 11 is 0. The Morgan fingerprint density at radius 1 is 1.03 bits per heavy atom. The molecule has 0 unspecified atom stereocenters. The summed E-state index contributed by atoms with van der Waals surface area (Å²) in [5.41, 5.74) is 0.661. The Morgan fingerprint density at radius 3 is 2.58 bits per heavy atom. The van der Waals surface area contributed by atoms with E-state index in [0.29, 0.717) is 16.6 Å². The lowest BCUT2D eigenvalue weighted by molar-refractivity contribution is 0.0270. The predicted molar refractivity (Wildman–Crippen MR) is 106 cm³/mol. The third-order valence-electron chi connectivity index (χ3n) is 5.02. The zero-order chi connectivity index (χ0) is 21.9. The molecular weight excluding hydrogens is 409 g/mol. The number of nitrogens with zero attached hydrogens (tertiary/aromatic N) is 8. The van der Waals surface area contributed by atoms with Crippen LogP contribution >= 0.6 is 0 Å². The molecule has 0 aliphatic carbocycles. The Bertz CT molecular complexity index is 1430. The fraction of sp³-hybridized carbons (Fsp3) is 0.250. The molecule has 0 amide bonds. The number of aryl methyl sites for hydroxylation is 1. The van der Waals surface area contributed by atoms with Crippen molar-refractivity contribution in [3.8, 4) is 11.3 Å². The standard InChI is InChI=1S/C20H17F3N8/c1-11(2)30-10-13(8-24-30)16-4-5-18-25-26-19(31(18)28-16)20(22,23)14-6-12-9-29(3)27-17(12)7-15(14)21/h4-11H,1-3H3. The molecule has 0 fully saturated rings. The zero-order valence-corrected chi connectivity index (χ0v) is 16.8. The first kappa shape index (κ1) is 19.2. The molecule has 5 rings (SSSR count). The highest BCUT2D eigenvalue weighted by Crippen LogP contribution is 2.37. The van der Waals surface area contributed by atoms with E-state index in [2.05, 4.69) is 25.5 Å². The third kappa shape index (κ3) is 3.04. The molecule has 4 heterocycles. The summed E-state index contributed by atoms with van der Waals surface area (Å²) in [5, 5.41) is 20.4. The minimum Gasteiger partial charge on any atom is -0.275 e. The molecule has 31 heavy (non-hydrogen) atoms. The van der Waals surface area contributed by atoms with Gasteiger partial charge >= 0.3 is 5.92 Å². The van der Waals surface area contributed by atoms with Crippen LogP contribution < -0.4 is 0 Å². The summed E-state index contributed by atoms with van der Waals surface area (Å²) in [6.45, 7) is 3.94. The maximum absolute atomic E-state index is 15.4. The number of hydrogen-bond acceptors (Lipinski definition) is 5. The molecule has 4 aromatic heterocycles. The monoisotopic (exact) mass is 426 g/mol. The first-order valence-corrected chi connectivity index (χ1v) is 9.52. The van der Waals surface area contributed by atoms with Gasteiger partial charge in [-0.1, -0.05) is 0 Å². The van der Waals surface area contributed by atoms with Crippen LogP contribution in [-0.2, 0) is 13.0 Å². The summed E-state index contributed by atoms with van der Waals surface area (Å²) < 4.78 is 49.6. The molecule has 5 aromatic rings. The van der Waals surface area contributed by atoms with Crippen molar-refractivity contribution in [2.45, 2.75) is 25.8 Å². The number of rotatable bonds is 4. The van der Waals surface area contributed by atoms with Crippen LogP contribution in [0.4, 0.5) is 13.2 Å². The SMILES string of the molecule is CC(C)n1cc(-c2ccc3nnc(C(F)(F)c4cc5cn(C)nc5cc4F)n3n2)cn1. The van der Waals surface area contributed by atoms with Gasteiger partial charge in [-0.2, -0.15) is 28.6 Å². The topological polar surface area (TPSA) is 78.7 Å². The fourth-order valence-electron chi connectivity index (χ4n) is 3.42. The molecule has 0 saturated heterocycles. The molecule has 0 spiro atoms. The Kier molecular flexibility index (Phi) is 4.11. The number of hydrogen-bond donors (Lipinski definition) is 0. The Hall–Kier alpha value is -3.76. The minimum atomic E-state index is -3.78. The lowest BCUT2D eigenvalue weighted by Crippen LogP contribution is -2.22. The average Bonchev–Trinajstić information content (AvgIpc) is 3.43. The predicted octanol–water partition coefficient (Wildman–Crippen LogP) is 3.73. The molecule has 0 radical (unpaired) electrons. The van der Waals surface area contributed by atoms with E-state index in [-0.39, 0.29) is 17.2 Å². The number of alkyl halides is 2. The van der Waals surface area contributed by atoms with Crippen molar-refractivity contribution < 1.29 is 13.2 Å². The van der Waals surface area contributed by atoms with E-state index in [9.17, 15) is 4.39 Å². The lowest BCUT2D eigenvalue weighted by atomic mass is 10.0. The maximum Gasteiger partial charge on any atom is 0.336 e. The number of aromatic nitrogens is 8. The van der Waals surface area contributed by atoms with Gasteiger partial charge in [-0.3, -0.25) is 9.36 Å². The highest BCUT2D eigenvalue weighted by atomic mass is 19.3. The van der Waals surface area contributed by atoms with Gasteiger partial charge in [0.25, 0.3) is 0 Å². The van der Waals surface area contributed by atoms with Gasteiger partial charge in [0.05, 0.1) is 23.0 Å². The van der Waals surface area contributed by atoms with Gasteiger partial charge in [-0.15, -0.1) is 10.2 Å². The van der Waals surface area contributed by atoms with Crippen molar-refractivity contribution in [3.05, 3.63) is 60.1 Å². The van der Waals surface area contributed by atoms with Crippen LogP contribution in [0.2, 0.25) is 0 Å². The van der Waals surface area contributed by atoms with E-state index in [1.807, 2.05) is 13.8 Å². The van der Waals surface area contributed by atoms with Crippen molar-refractivity contribution in [1.82, 2.24) is 39.4 Å². The quantitative estimate of drug-likeness (QED) is 0.438. The highest BCUT2D eigenvalue weighted by Gasteiger charge is 2.42. The number of benzene rings is 1. The largest absolute Gasteiger partial charge is 0.336 e. The second-order valence-corrected chi connectivity index (χ2v) is 7.58. The van der Waals surface area contributed by atoms with Gasteiger partial charge in [0.2, 0.25) is 5.82 Å². The van der Waals surface area contributed by atoms with E-state index in [1.54, 1.807) is 36.4 Å². The highest BCUT2D eigenvalue weighted by molar-refractivity contribution is 5.79. The van der Waals surface area contributed by atoms with Gasteiger partial charge in [-0.25, -0.2) is 4.39 Å². The summed E-state index contributed by atoms with van der Waals surface area (Å²) in [7, 11) is 1.63. The molecule has 11 heteroatoms. The van der Waals surface area contributed by atoms with Crippen LogP contribution in [0.15, 0.2) is 42.9 Å². The Morgan fingerprint density at radius 2 is 1.84 bits per heavy atom. The van der Waals surface area contributed by atoms with Gasteiger partial charge < -0.3 is 0 Å². The molecule has 0 aliphatic heterocycles. The van der Waals surface area contributed by atoms with Crippen molar-refractivity contribution in [3.63, 3.8) is 0 Å². The van der Waals surface area contributed by atoms with E-state index in [4.69, 9.17) is 0 Å². The van der Waals surface area contributed by atoms with Crippen molar-refractivity contribution >= 4 is 16.6 Å². The normalized spacial score (nSPS) is 12.5. The summed E-state index contributed by atoms with van der Waals surface area (Å²) in [6.07, 6.45) is 4.92. The molecule has 8 nitrogen and oxygen atoms in total. The fourth-order valence-corrected chi connectivity index (χ4v) is 3.42. The van der Waals surface area contributed by atoms with E-state index in [1.165, 1.54) is 10.7 Å². The summed E-state index contributed by atoms with van der Waals surface area (Å²) in [5.74, 6) is -5.63. The average molecular weight is 426 g/mol. The second kappa shape index (κ2) is 6.62. The lowest BCUT2D eigenvalue weighted by Gasteiger charge is -2.15. The number of fused-ring (bicyclic) bond motifs is 2. The number of halogens is 3. The van der Waals surface area contributed by atoms with Crippen molar-refractivity contribution in [2.24, 2.45) is 7.05 Å². The van der Waals surface area contributed by atoms with Gasteiger partial charge in [0.1, 0.15) is 5.82 Å². The molecule has 0 N–H and O–H groups in total. The van der Waals surface area contributed by atoms with Crippen LogP contribution in [-0.4, -0.2) is 39.4 Å². The van der Waals surface area contributed by atoms with Crippen LogP contribution in [0, 0.1) is 5.82 Å². The third-order valence-corrected chi connectivity index (χ3v) is 5.02. The van der Waals surface area contributed by atoms with Crippen molar-refractivity contribution in [2.75, 3.05) is 0 Å². The minimum absolute atomic E-state index is 0.123.